The maximum atomic E-state index is 5.60. The minimum Gasteiger partial charge on any atom is -0.326 e. The van der Waals surface area contributed by atoms with E-state index < -0.39 is 0 Å². The average Bonchev–Trinajstić information content (AvgIpc) is 2.17. The molecule has 1 atom stereocenters. The Kier molecular flexibility index (Phi) is 2.63. The summed E-state index contributed by atoms with van der Waals surface area (Å²) in [5.74, 6) is 0. The SMILES string of the molecule is NCc1ccc2c(c1)CCN(P)C2. The summed E-state index contributed by atoms with van der Waals surface area (Å²) >= 11 is 0. The Morgan fingerprint density at radius 3 is 3.00 bits per heavy atom. The molecule has 2 N–H and O–H groups in total. The van der Waals surface area contributed by atoms with Crippen molar-refractivity contribution in [1.82, 2.24) is 4.67 Å². The Bertz CT molecular complexity index is 312. The third kappa shape index (κ3) is 1.91. The lowest BCUT2D eigenvalue weighted by Gasteiger charge is -2.24. The molecule has 0 aliphatic carbocycles. The molecule has 1 aliphatic heterocycles. The molecule has 1 unspecified atom stereocenters. The van der Waals surface area contributed by atoms with Gasteiger partial charge in [0.2, 0.25) is 0 Å². The van der Waals surface area contributed by atoms with E-state index in [0.717, 1.165) is 19.5 Å². The largest absolute Gasteiger partial charge is 0.326 e. The van der Waals surface area contributed by atoms with Gasteiger partial charge in [-0.2, -0.15) is 0 Å². The topological polar surface area (TPSA) is 29.3 Å². The van der Waals surface area contributed by atoms with Gasteiger partial charge >= 0.3 is 0 Å². The van der Waals surface area contributed by atoms with Crippen LogP contribution in [0, 0.1) is 0 Å². The molecule has 0 bridgehead atoms. The van der Waals surface area contributed by atoms with Crippen LogP contribution in [-0.2, 0) is 19.5 Å². The molecule has 0 radical (unpaired) electrons. The summed E-state index contributed by atoms with van der Waals surface area (Å²) in [4.78, 5) is 0. The van der Waals surface area contributed by atoms with Gasteiger partial charge in [0.1, 0.15) is 0 Å². The highest BCUT2D eigenvalue weighted by Gasteiger charge is 2.12. The highest BCUT2D eigenvalue weighted by atomic mass is 31.0. The lowest BCUT2D eigenvalue weighted by atomic mass is 9.98. The fourth-order valence-electron chi connectivity index (χ4n) is 1.76. The molecule has 0 saturated heterocycles. The summed E-state index contributed by atoms with van der Waals surface area (Å²) in [6, 6.07) is 6.57. The molecule has 70 valence electrons. The summed E-state index contributed by atoms with van der Waals surface area (Å²) in [5.41, 5.74) is 9.76. The minimum absolute atomic E-state index is 0.651. The van der Waals surface area contributed by atoms with E-state index >= 15 is 0 Å². The zero-order chi connectivity index (χ0) is 9.26. The predicted octanol–water partition coefficient (Wildman–Crippen LogP) is 1.29. The summed E-state index contributed by atoms with van der Waals surface area (Å²) in [5, 5.41) is 0. The molecule has 0 saturated carbocycles. The molecule has 0 fully saturated rings. The molecular formula is C10H15N2P. The van der Waals surface area contributed by atoms with Crippen molar-refractivity contribution in [3.05, 3.63) is 34.9 Å². The molecule has 1 aromatic carbocycles. The van der Waals surface area contributed by atoms with Gasteiger partial charge in [-0.25, -0.2) is 0 Å². The number of hydrogen-bond acceptors (Lipinski definition) is 2. The number of rotatable bonds is 1. The van der Waals surface area contributed by atoms with E-state index in [1.807, 2.05) is 0 Å². The fraction of sp³-hybridized carbons (Fsp3) is 0.400. The standard InChI is InChI=1S/C10H15N2P/c11-6-8-1-2-10-7-12(13)4-3-9(10)5-8/h1-2,5H,3-4,6-7,11,13H2. The van der Waals surface area contributed by atoms with Crippen LogP contribution in [0.4, 0.5) is 0 Å². The molecular weight excluding hydrogens is 179 g/mol. The van der Waals surface area contributed by atoms with Crippen molar-refractivity contribution in [2.45, 2.75) is 19.5 Å². The Morgan fingerprint density at radius 2 is 2.23 bits per heavy atom. The Morgan fingerprint density at radius 1 is 1.38 bits per heavy atom. The van der Waals surface area contributed by atoms with Crippen molar-refractivity contribution in [2.75, 3.05) is 6.54 Å². The van der Waals surface area contributed by atoms with Gasteiger partial charge in [-0.3, -0.25) is 4.67 Å². The number of fused-ring (bicyclic) bond motifs is 1. The van der Waals surface area contributed by atoms with Gasteiger partial charge < -0.3 is 5.73 Å². The van der Waals surface area contributed by atoms with Crippen LogP contribution in [0.5, 0.6) is 0 Å². The molecule has 3 heteroatoms. The molecule has 2 rings (SSSR count). The second-order valence-corrected chi connectivity index (χ2v) is 4.26. The average molecular weight is 194 g/mol. The van der Waals surface area contributed by atoms with E-state index in [4.69, 9.17) is 5.73 Å². The Labute approximate surface area is 81.4 Å². The maximum Gasteiger partial charge on any atom is 0.0270 e. The van der Waals surface area contributed by atoms with Gasteiger partial charge in [0.05, 0.1) is 0 Å². The predicted molar refractivity (Wildman–Crippen MR) is 58.2 cm³/mol. The van der Waals surface area contributed by atoms with Crippen LogP contribution in [-0.4, -0.2) is 11.2 Å². The minimum atomic E-state index is 0.651. The van der Waals surface area contributed by atoms with E-state index in [1.54, 1.807) is 0 Å². The van der Waals surface area contributed by atoms with Crippen LogP contribution >= 0.6 is 9.39 Å². The maximum absolute atomic E-state index is 5.60. The summed E-state index contributed by atoms with van der Waals surface area (Å²) < 4.78 is 2.27. The number of nitrogens with zero attached hydrogens (tertiary/aromatic N) is 1. The van der Waals surface area contributed by atoms with Crippen LogP contribution in [0.3, 0.4) is 0 Å². The fourth-order valence-corrected chi connectivity index (χ4v) is 2.08. The molecule has 0 spiro atoms. The molecule has 1 aliphatic rings. The lowest BCUT2D eigenvalue weighted by molar-refractivity contribution is 0.443. The van der Waals surface area contributed by atoms with Crippen LogP contribution in [0.15, 0.2) is 18.2 Å². The first-order valence-corrected chi connectivity index (χ1v) is 5.11. The molecule has 13 heavy (non-hydrogen) atoms. The van der Waals surface area contributed by atoms with Crippen molar-refractivity contribution < 1.29 is 0 Å². The quantitative estimate of drug-likeness (QED) is 0.683. The van der Waals surface area contributed by atoms with Crippen molar-refractivity contribution in [1.29, 1.82) is 0 Å². The van der Waals surface area contributed by atoms with Crippen LogP contribution in [0.25, 0.3) is 0 Å². The van der Waals surface area contributed by atoms with Gasteiger partial charge in [0.25, 0.3) is 0 Å². The van der Waals surface area contributed by atoms with E-state index in [-0.39, 0.29) is 0 Å². The normalized spacial score (nSPS) is 17.1. The molecule has 0 aromatic heterocycles. The van der Waals surface area contributed by atoms with Crippen LogP contribution in [0.1, 0.15) is 16.7 Å². The highest BCUT2D eigenvalue weighted by Crippen LogP contribution is 2.21. The van der Waals surface area contributed by atoms with Gasteiger partial charge in [-0.15, -0.1) is 0 Å². The van der Waals surface area contributed by atoms with Gasteiger partial charge in [0.15, 0.2) is 0 Å². The zero-order valence-corrected chi connectivity index (χ0v) is 8.82. The zero-order valence-electron chi connectivity index (χ0n) is 7.66. The summed E-state index contributed by atoms with van der Waals surface area (Å²) in [7, 11) is 2.76. The number of benzene rings is 1. The van der Waals surface area contributed by atoms with Gasteiger partial charge in [-0.1, -0.05) is 27.6 Å². The van der Waals surface area contributed by atoms with Gasteiger partial charge in [0, 0.05) is 19.6 Å². The van der Waals surface area contributed by atoms with Crippen molar-refractivity contribution in [2.24, 2.45) is 5.73 Å². The van der Waals surface area contributed by atoms with E-state index in [9.17, 15) is 0 Å². The van der Waals surface area contributed by atoms with E-state index in [2.05, 4.69) is 32.3 Å². The first-order valence-electron chi connectivity index (χ1n) is 4.60. The molecule has 1 aromatic rings. The summed E-state index contributed by atoms with van der Waals surface area (Å²) in [6.45, 7) is 2.83. The molecule has 1 heterocycles. The van der Waals surface area contributed by atoms with Crippen LogP contribution < -0.4 is 5.73 Å². The monoisotopic (exact) mass is 194 g/mol. The molecule has 0 amide bonds. The van der Waals surface area contributed by atoms with Crippen LogP contribution in [0.2, 0.25) is 0 Å². The van der Waals surface area contributed by atoms with Crippen molar-refractivity contribution >= 4 is 9.39 Å². The second kappa shape index (κ2) is 3.75. The molecule has 2 nitrogen and oxygen atoms in total. The lowest BCUT2D eigenvalue weighted by Crippen LogP contribution is -2.21. The van der Waals surface area contributed by atoms with E-state index in [0.29, 0.717) is 6.54 Å². The van der Waals surface area contributed by atoms with E-state index in [1.165, 1.54) is 16.7 Å². The smallest absolute Gasteiger partial charge is 0.0270 e. The Balaban J connectivity index is 2.31. The number of nitrogens with two attached hydrogens (primary N) is 1. The third-order valence-electron chi connectivity index (χ3n) is 2.55. The first kappa shape index (κ1) is 9.14. The third-order valence-corrected chi connectivity index (χ3v) is 2.99. The van der Waals surface area contributed by atoms with Crippen molar-refractivity contribution in [3.8, 4) is 0 Å². The van der Waals surface area contributed by atoms with Gasteiger partial charge in [-0.05, 0) is 23.1 Å². The van der Waals surface area contributed by atoms with Crippen molar-refractivity contribution in [3.63, 3.8) is 0 Å². The number of hydrogen-bond donors (Lipinski definition) is 1. The second-order valence-electron chi connectivity index (χ2n) is 3.53. The Hall–Kier alpha value is -0.430. The highest BCUT2D eigenvalue weighted by molar-refractivity contribution is 7.13. The first-order chi connectivity index (χ1) is 6.29. The summed E-state index contributed by atoms with van der Waals surface area (Å²) in [6.07, 6.45) is 1.15.